The Labute approximate surface area is 141 Å². The van der Waals surface area contributed by atoms with Crippen LogP contribution in [0.15, 0.2) is 42.5 Å². The van der Waals surface area contributed by atoms with Crippen molar-refractivity contribution in [2.24, 2.45) is 17.6 Å². The van der Waals surface area contributed by atoms with Crippen LogP contribution in [0.3, 0.4) is 0 Å². The Morgan fingerprint density at radius 1 is 1.08 bits per heavy atom. The molecule has 2 fully saturated rings. The molecule has 2 aliphatic rings. The molecule has 4 nitrogen and oxygen atoms in total. The summed E-state index contributed by atoms with van der Waals surface area (Å²) >= 11 is 0. The van der Waals surface area contributed by atoms with Crippen LogP contribution in [0.5, 0.6) is 0 Å². The minimum atomic E-state index is -0.283. The Morgan fingerprint density at radius 3 is 2.71 bits per heavy atom. The predicted molar refractivity (Wildman–Crippen MR) is 93.3 cm³/mol. The molecule has 0 spiro atoms. The molecule has 1 heterocycles. The molecular weight excluding hydrogens is 300 g/mol. The normalized spacial score (nSPS) is 26.3. The van der Waals surface area contributed by atoms with E-state index in [9.17, 15) is 9.59 Å². The van der Waals surface area contributed by atoms with Gasteiger partial charge in [0.1, 0.15) is 0 Å². The van der Waals surface area contributed by atoms with Crippen molar-refractivity contribution in [1.29, 1.82) is 0 Å². The van der Waals surface area contributed by atoms with E-state index in [0.29, 0.717) is 12.5 Å². The Morgan fingerprint density at radius 2 is 1.88 bits per heavy atom. The quantitative estimate of drug-likeness (QED) is 0.944. The highest BCUT2D eigenvalue weighted by Crippen LogP contribution is 2.50. The van der Waals surface area contributed by atoms with Crippen molar-refractivity contribution in [3.8, 4) is 0 Å². The first kappa shape index (κ1) is 15.2. The van der Waals surface area contributed by atoms with Crippen LogP contribution in [0.2, 0.25) is 0 Å². The first-order valence-corrected chi connectivity index (χ1v) is 8.71. The van der Waals surface area contributed by atoms with E-state index < -0.39 is 0 Å². The monoisotopic (exact) mass is 322 g/mol. The standard InChI is InChI=1S/C20H22N2O2/c21-19(23)14-7-4-10-22(12-14)20(24)18-11-17(18)16-9-3-6-13-5-1-2-8-15(13)16/h1-3,5-6,8-9,14,17-18H,4,7,10-12H2,(H2,21,23). The number of carbonyl (C=O) groups is 2. The second-order valence-corrected chi connectivity index (χ2v) is 7.04. The van der Waals surface area contributed by atoms with Crippen LogP contribution in [-0.2, 0) is 9.59 Å². The molecule has 0 aromatic heterocycles. The zero-order valence-corrected chi connectivity index (χ0v) is 13.7. The second-order valence-electron chi connectivity index (χ2n) is 7.04. The molecular formula is C20H22N2O2. The maximum atomic E-state index is 12.8. The molecule has 4 heteroatoms. The number of nitrogens with two attached hydrogens (primary N) is 1. The average Bonchev–Trinajstić information content (AvgIpc) is 3.41. The summed E-state index contributed by atoms with van der Waals surface area (Å²) in [7, 11) is 0. The lowest BCUT2D eigenvalue weighted by Crippen LogP contribution is -2.44. The Hall–Kier alpha value is -2.36. The number of nitrogens with zero attached hydrogens (tertiary/aromatic N) is 1. The van der Waals surface area contributed by atoms with Crippen LogP contribution >= 0.6 is 0 Å². The molecule has 1 aliphatic carbocycles. The summed E-state index contributed by atoms with van der Waals surface area (Å²) in [5.74, 6) is 0.0882. The minimum Gasteiger partial charge on any atom is -0.369 e. The van der Waals surface area contributed by atoms with E-state index in [1.807, 2.05) is 17.0 Å². The van der Waals surface area contributed by atoms with Crippen LogP contribution in [0.4, 0.5) is 0 Å². The topological polar surface area (TPSA) is 63.4 Å². The van der Waals surface area contributed by atoms with Crippen molar-refractivity contribution in [3.05, 3.63) is 48.0 Å². The summed E-state index contributed by atoms with van der Waals surface area (Å²) in [6.45, 7) is 1.24. The number of carbonyl (C=O) groups excluding carboxylic acids is 2. The number of benzene rings is 2. The van der Waals surface area contributed by atoms with E-state index in [1.54, 1.807) is 0 Å². The molecule has 1 saturated carbocycles. The van der Waals surface area contributed by atoms with Crippen molar-refractivity contribution in [2.75, 3.05) is 13.1 Å². The van der Waals surface area contributed by atoms with Crippen LogP contribution in [0, 0.1) is 11.8 Å². The third-order valence-corrected chi connectivity index (χ3v) is 5.47. The number of amides is 2. The number of fused-ring (bicyclic) bond motifs is 1. The summed E-state index contributed by atoms with van der Waals surface area (Å²) in [4.78, 5) is 26.1. The molecule has 124 valence electrons. The largest absolute Gasteiger partial charge is 0.369 e. The number of likely N-dealkylation sites (tertiary alicyclic amines) is 1. The van der Waals surface area contributed by atoms with Crippen molar-refractivity contribution in [1.82, 2.24) is 4.90 Å². The number of primary amides is 1. The Bertz CT molecular complexity index is 796. The molecule has 2 aromatic rings. The van der Waals surface area contributed by atoms with E-state index in [-0.39, 0.29) is 23.7 Å². The maximum absolute atomic E-state index is 12.8. The van der Waals surface area contributed by atoms with Gasteiger partial charge in [-0.15, -0.1) is 0 Å². The Kier molecular flexibility index (Phi) is 3.75. The van der Waals surface area contributed by atoms with E-state index >= 15 is 0 Å². The van der Waals surface area contributed by atoms with Crippen molar-refractivity contribution in [2.45, 2.75) is 25.2 Å². The van der Waals surface area contributed by atoms with Gasteiger partial charge in [-0.25, -0.2) is 0 Å². The zero-order valence-electron chi connectivity index (χ0n) is 13.7. The third-order valence-electron chi connectivity index (χ3n) is 5.47. The van der Waals surface area contributed by atoms with Gasteiger partial charge in [0.15, 0.2) is 0 Å². The predicted octanol–water partition coefficient (Wildman–Crippen LogP) is 2.67. The van der Waals surface area contributed by atoms with Crippen molar-refractivity contribution < 1.29 is 9.59 Å². The van der Waals surface area contributed by atoms with Crippen LogP contribution in [-0.4, -0.2) is 29.8 Å². The lowest BCUT2D eigenvalue weighted by Gasteiger charge is -2.31. The Balaban J connectivity index is 1.51. The van der Waals surface area contributed by atoms with Gasteiger partial charge in [0.2, 0.25) is 11.8 Å². The molecule has 3 unspecified atom stereocenters. The highest BCUT2D eigenvalue weighted by molar-refractivity contribution is 5.90. The SMILES string of the molecule is NC(=O)C1CCCN(C(=O)C2CC2c2cccc3ccccc23)C1. The lowest BCUT2D eigenvalue weighted by atomic mass is 9.96. The van der Waals surface area contributed by atoms with Gasteiger partial charge in [-0.1, -0.05) is 42.5 Å². The summed E-state index contributed by atoms with van der Waals surface area (Å²) in [6.07, 6.45) is 2.58. The van der Waals surface area contributed by atoms with Gasteiger partial charge in [0, 0.05) is 19.0 Å². The molecule has 1 saturated heterocycles. The molecule has 2 N–H and O–H groups in total. The van der Waals surface area contributed by atoms with E-state index in [1.165, 1.54) is 16.3 Å². The van der Waals surface area contributed by atoms with Crippen molar-refractivity contribution in [3.63, 3.8) is 0 Å². The summed E-state index contributed by atoms with van der Waals surface area (Å²) in [5.41, 5.74) is 6.70. The molecule has 2 amide bonds. The maximum Gasteiger partial charge on any atom is 0.226 e. The summed E-state index contributed by atoms with van der Waals surface area (Å²) < 4.78 is 0. The van der Waals surface area contributed by atoms with Crippen molar-refractivity contribution >= 4 is 22.6 Å². The van der Waals surface area contributed by atoms with Gasteiger partial charge in [0.05, 0.1) is 5.92 Å². The zero-order chi connectivity index (χ0) is 16.7. The molecule has 4 rings (SSSR count). The highest BCUT2D eigenvalue weighted by Gasteiger charge is 2.47. The van der Waals surface area contributed by atoms with Gasteiger partial charge in [-0.2, -0.15) is 0 Å². The molecule has 3 atom stereocenters. The minimum absolute atomic E-state index is 0.0578. The first-order chi connectivity index (χ1) is 11.6. The fourth-order valence-electron chi connectivity index (χ4n) is 4.03. The molecule has 2 aromatic carbocycles. The van der Waals surface area contributed by atoms with Crippen LogP contribution in [0.25, 0.3) is 10.8 Å². The van der Waals surface area contributed by atoms with Gasteiger partial charge in [0.25, 0.3) is 0 Å². The van der Waals surface area contributed by atoms with Gasteiger partial charge in [-0.3, -0.25) is 9.59 Å². The van der Waals surface area contributed by atoms with Crippen LogP contribution in [0.1, 0.15) is 30.7 Å². The fraction of sp³-hybridized carbons (Fsp3) is 0.400. The lowest BCUT2D eigenvalue weighted by molar-refractivity contribution is -0.136. The molecule has 0 radical (unpaired) electrons. The number of hydrogen-bond acceptors (Lipinski definition) is 2. The van der Waals surface area contributed by atoms with E-state index in [2.05, 4.69) is 30.3 Å². The first-order valence-electron chi connectivity index (χ1n) is 8.71. The van der Waals surface area contributed by atoms with Gasteiger partial charge < -0.3 is 10.6 Å². The molecule has 24 heavy (non-hydrogen) atoms. The van der Waals surface area contributed by atoms with Gasteiger partial charge >= 0.3 is 0 Å². The van der Waals surface area contributed by atoms with E-state index in [0.717, 1.165) is 25.8 Å². The molecule has 1 aliphatic heterocycles. The second kappa shape index (κ2) is 5.93. The highest BCUT2D eigenvalue weighted by atomic mass is 16.2. The van der Waals surface area contributed by atoms with E-state index in [4.69, 9.17) is 5.73 Å². The number of rotatable bonds is 3. The summed E-state index contributed by atoms with van der Waals surface area (Å²) in [5, 5.41) is 2.47. The summed E-state index contributed by atoms with van der Waals surface area (Å²) in [6, 6.07) is 14.7. The third kappa shape index (κ3) is 2.66. The number of hydrogen-bond donors (Lipinski definition) is 1. The fourth-order valence-corrected chi connectivity index (χ4v) is 4.03. The van der Waals surface area contributed by atoms with Crippen LogP contribution < -0.4 is 5.73 Å². The molecule has 0 bridgehead atoms. The average molecular weight is 322 g/mol. The van der Waals surface area contributed by atoms with Gasteiger partial charge in [-0.05, 0) is 41.5 Å². The smallest absolute Gasteiger partial charge is 0.226 e. The number of piperidine rings is 1.